The number of aromatic amines is 1. The van der Waals surface area contributed by atoms with Crippen molar-refractivity contribution in [1.82, 2.24) is 20.1 Å². The van der Waals surface area contributed by atoms with Crippen LogP contribution in [-0.4, -0.2) is 39.1 Å². The van der Waals surface area contributed by atoms with E-state index >= 15 is 0 Å². The summed E-state index contributed by atoms with van der Waals surface area (Å²) in [6.07, 6.45) is 6.32. The molecule has 1 aliphatic heterocycles. The van der Waals surface area contributed by atoms with Crippen LogP contribution < -0.4 is 5.32 Å². The Morgan fingerprint density at radius 1 is 1.46 bits per heavy atom. The maximum Gasteiger partial charge on any atom is 0.231 e. The standard InChI is InChI=1S/C16H14N6OS/c17-9-22-5-4-11(8-22)15(23)20-16-18-7-13(24-16)12-3-1-2-10-6-19-21-14(10)12/h1-3,6-7,11H,4-5,8H2,(H,19,21)(H,18,20,23). The highest BCUT2D eigenvalue weighted by Gasteiger charge is 2.28. The zero-order valence-corrected chi connectivity index (χ0v) is 13.5. The number of fused-ring (bicyclic) bond motifs is 1. The van der Waals surface area contributed by atoms with Crippen molar-refractivity contribution in [3.63, 3.8) is 0 Å². The number of nitrogens with zero attached hydrogens (tertiary/aromatic N) is 4. The van der Waals surface area contributed by atoms with E-state index in [1.54, 1.807) is 17.3 Å². The molecule has 0 spiro atoms. The molecule has 2 N–H and O–H groups in total. The summed E-state index contributed by atoms with van der Waals surface area (Å²) in [5, 5.41) is 20.4. The summed E-state index contributed by atoms with van der Waals surface area (Å²) in [6, 6.07) is 5.97. The molecule has 3 heterocycles. The molecule has 0 radical (unpaired) electrons. The van der Waals surface area contributed by atoms with Gasteiger partial charge in [0.2, 0.25) is 5.91 Å². The third-order valence-electron chi connectivity index (χ3n) is 4.18. The molecule has 24 heavy (non-hydrogen) atoms. The predicted octanol–water partition coefficient (Wildman–Crippen LogP) is 2.43. The average Bonchev–Trinajstić information content (AvgIpc) is 3.34. The number of anilines is 1. The zero-order chi connectivity index (χ0) is 16.5. The van der Waals surface area contributed by atoms with Crippen LogP contribution in [0, 0.1) is 17.4 Å². The molecule has 1 saturated heterocycles. The van der Waals surface area contributed by atoms with E-state index in [1.807, 2.05) is 18.2 Å². The third-order valence-corrected chi connectivity index (χ3v) is 5.12. The Bertz CT molecular complexity index is 939. The van der Waals surface area contributed by atoms with Gasteiger partial charge >= 0.3 is 0 Å². The molecule has 8 heteroatoms. The number of aromatic nitrogens is 3. The van der Waals surface area contributed by atoms with Gasteiger partial charge in [-0.25, -0.2) is 4.98 Å². The molecule has 1 atom stereocenters. The Morgan fingerprint density at radius 3 is 3.21 bits per heavy atom. The van der Waals surface area contributed by atoms with Gasteiger partial charge in [-0.2, -0.15) is 10.4 Å². The summed E-state index contributed by atoms with van der Waals surface area (Å²) in [5.41, 5.74) is 1.97. The number of hydrogen-bond acceptors (Lipinski definition) is 6. The van der Waals surface area contributed by atoms with Crippen molar-refractivity contribution in [3.05, 3.63) is 30.6 Å². The SMILES string of the molecule is N#CN1CCC(C(=O)Nc2ncc(-c3cccc4cn[nH]c34)s2)C1. The first-order valence-electron chi connectivity index (χ1n) is 7.58. The summed E-state index contributed by atoms with van der Waals surface area (Å²) in [4.78, 5) is 19.2. The van der Waals surface area contributed by atoms with Crippen LogP contribution in [0.2, 0.25) is 0 Å². The smallest absolute Gasteiger partial charge is 0.231 e. The van der Waals surface area contributed by atoms with Crippen LogP contribution in [0.25, 0.3) is 21.3 Å². The van der Waals surface area contributed by atoms with Crippen LogP contribution in [0.1, 0.15) is 6.42 Å². The lowest BCUT2D eigenvalue weighted by Gasteiger charge is -2.08. The van der Waals surface area contributed by atoms with Crippen LogP contribution >= 0.6 is 11.3 Å². The van der Waals surface area contributed by atoms with Gasteiger partial charge in [-0.05, 0) is 6.42 Å². The van der Waals surface area contributed by atoms with Gasteiger partial charge in [0.1, 0.15) is 0 Å². The minimum absolute atomic E-state index is 0.0756. The zero-order valence-electron chi connectivity index (χ0n) is 12.7. The van der Waals surface area contributed by atoms with Gasteiger partial charge in [0.15, 0.2) is 11.3 Å². The second-order valence-corrected chi connectivity index (χ2v) is 6.72. The van der Waals surface area contributed by atoms with Gasteiger partial charge in [-0.3, -0.25) is 9.89 Å². The number of rotatable bonds is 3. The first-order chi connectivity index (χ1) is 11.7. The lowest BCUT2D eigenvalue weighted by molar-refractivity contribution is -0.119. The van der Waals surface area contributed by atoms with E-state index in [4.69, 9.17) is 5.26 Å². The fourth-order valence-electron chi connectivity index (χ4n) is 2.90. The number of likely N-dealkylation sites (tertiary alicyclic amines) is 1. The Morgan fingerprint density at radius 2 is 2.38 bits per heavy atom. The largest absolute Gasteiger partial charge is 0.310 e. The van der Waals surface area contributed by atoms with Gasteiger partial charge in [0, 0.05) is 30.2 Å². The van der Waals surface area contributed by atoms with E-state index < -0.39 is 0 Å². The second kappa shape index (κ2) is 5.94. The van der Waals surface area contributed by atoms with Crippen molar-refractivity contribution in [2.24, 2.45) is 5.92 Å². The number of nitriles is 1. The van der Waals surface area contributed by atoms with Gasteiger partial charge in [-0.15, -0.1) is 0 Å². The number of benzene rings is 1. The first kappa shape index (κ1) is 14.7. The number of para-hydroxylation sites is 1. The minimum Gasteiger partial charge on any atom is -0.310 e. The number of H-pyrrole nitrogens is 1. The number of carbonyl (C=O) groups is 1. The van der Waals surface area contributed by atoms with Crippen LogP contribution in [-0.2, 0) is 4.79 Å². The lowest BCUT2D eigenvalue weighted by Crippen LogP contribution is -2.25. The molecule has 0 saturated carbocycles. The van der Waals surface area contributed by atoms with Gasteiger partial charge in [0.05, 0.1) is 22.5 Å². The second-order valence-electron chi connectivity index (χ2n) is 5.69. The molecule has 0 aliphatic carbocycles. The number of amides is 1. The van der Waals surface area contributed by atoms with Crippen molar-refractivity contribution in [3.8, 4) is 16.6 Å². The van der Waals surface area contributed by atoms with Gasteiger partial charge in [0.25, 0.3) is 0 Å². The molecule has 4 rings (SSSR count). The van der Waals surface area contributed by atoms with E-state index in [-0.39, 0.29) is 11.8 Å². The molecule has 120 valence electrons. The first-order valence-corrected chi connectivity index (χ1v) is 8.40. The molecule has 1 aromatic carbocycles. The summed E-state index contributed by atoms with van der Waals surface area (Å²) < 4.78 is 0. The highest BCUT2D eigenvalue weighted by molar-refractivity contribution is 7.19. The molecular formula is C16H14N6OS. The Hall–Kier alpha value is -2.92. The number of carbonyl (C=O) groups excluding carboxylic acids is 1. The van der Waals surface area contributed by atoms with Crippen molar-refractivity contribution < 1.29 is 4.79 Å². The minimum atomic E-state index is -0.159. The lowest BCUT2D eigenvalue weighted by atomic mass is 10.1. The maximum atomic E-state index is 12.3. The molecule has 7 nitrogen and oxygen atoms in total. The summed E-state index contributed by atoms with van der Waals surface area (Å²) in [5.74, 6) is -0.235. The summed E-state index contributed by atoms with van der Waals surface area (Å²) in [6.45, 7) is 1.12. The monoisotopic (exact) mass is 338 g/mol. The van der Waals surface area contributed by atoms with E-state index in [0.717, 1.165) is 21.3 Å². The quantitative estimate of drug-likeness (QED) is 0.715. The summed E-state index contributed by atoms with van der Waals surface area (Å²) >= 11 is 1.43. The van der Waals surface area contributed by atoms with Gasteiger partial charge in [-0.1, -0.05) is 29.5 Å². The molecule has 1 fully saturated rings. The molecular weight excluding hydrogens is 324 g/mol. The normalized spacial score (nSPS) is 17.1. The number of nitrogens with one attached hydrogen (secondary N) is 2. The molecule has 1 amide bonds. The van der Waals surface area contributed by atoms with Crippen LogP contribution in [0.15, 0.2) is 30.6 Å². The van der Waals surface area contributed by atoms with Crippen molar-refractivity contribution in [2.75, 3.05) is 18.4 Å². The van der Waals surface area contributed by atoms with E-state index in [2.05, 4.69) is 26.7 Å². The molecule has 0 bridgehead atoms. The number of thiazole rings is 1. The van der Waals surface area contributed by atoms with E-state index in [1.165, 1.54) is 11.3 Å². The van der Waals surface area contributed by atoms with Gasteiger partial charge < -0.3 is 10.2 Å². The Kier molecular flexibility index (Phi) is 3.63. The fraction of sp³-hybridized carbons (Fsp3) is 0.250. The van der Waals surface area contributed by atoms with Crippen LogP contribution in [0.5, 0.6) is 0 Å². The molecule has 2 aromatic heterocycles. The third kappa shape index (κ3) is 2.59. The van der Waals surface area contributed by atoms with E-state index in [0.29, 0.717) is 24.6 Å². The van der Waals surface area contributed by atoms with Crippen LogP contribution in [0.4, 0.5) is 5.13 Å². The Labute approximate surface area is 141 Å². The molecule has 1 unspecified atom stereocenters. The maximum absolute atomic E-state index is 12.3. The summed E-state index contributed by atoms with van der Waals surface area (Å²) in [7, 11) is 0. The fourth-order valence-corrected chi connectivity index (χ4v) is 3.75. The van der Waals surface area contributed by atoms with Crippen molar-refractivity contribution in [1.29, 1.82) is 5.26 Å². The van der Waals surface area contributed by atoms with E-state index in [9.17, 15) is 4.79 Å². The highest BCUT2D eigenvalue weighted by Crippen LogP contribution is 2.33. The average molecular weight is 338 g/mol. The predicted molar refractivity (Wildman–Crippen MR) is 91.1 cm³/mol. The molecule has 3 aromatic rings. The topological polar surface area (TPSA) is 97.7 Å². The van der Waals surface area contributed by atoms with Crippen molar-refractivity contribution >= 4 is 33.3 Å². The van der Waals surface area contributed by atoms with Crippen LogP contribution in [0.3, 0.4) is 0 Å². The molecule has 1 aliphatic rings. The Balaban J connectivity index is 1.52. The highest BCUT2D eigenvalue weighted by atomic mass is 32.1. The van der Waals surface area contributed by atoms with Crippen molar-refractivity contribution in [2.45, 2.75) is 6.42 Å². The number of hydrogen-bond donors (Lipinski definition) is 2.